The van der Waals surface area contributed by atoms with Crippen LogP contribution in [0.3, 0.4) is 0 Å². The Morgan fingerprint density at radius 2 is 2.21 bits per heavy atom. The van der Waals surface area contributed by atoms with Crippen LogP contribution in [0, 0.1) is 0 Å². The number of nitrogens with zero attached hydrogens (tertiary/aromatic N) is 1. The molecular formula is C11H13ClN2. The predicted molar refractivity (Wildman–Crippen MR) is 58.6 cm³/mol. The molecule has 0 spiro atoms. The summed E-state index contributed by atoms with van der Waals surface area (Å²) in [7, 11) is 0. The molecule has 1 aromatic carbocycles. The summed E-state index contributed by atoms with van der Waals surface area (Å²) in [5.74, 6) is 0. The van der Waals surface area contributed by atoms with Gasteiger partial charge in [-0.15, -0.1) is 0 Å². The molecule has 2 N–H and O–H groups in total. The zero-order chi connectivity index (χ0) is 9.71. The van der Waals surface area contributed by atoms with Crippen LogP contribution in [0.5, 0.6) is 0 Å². The first kappa shape index (κ1) is 8.57. The topological polar surface area (TPSA) is 29.3 Å². The van der Waals surface area contributed by atoms with E-state index in [-0.39, 0.29) is 6.17 Å². The van der Waals surface area contributed by atoms with E-state index in [9.17, 15) is 0 Å². The van der Waals surface area contributed by atoms with E-state index in [0.29, 0.717) is 6.04 Å². The number of halogens is 1. The van der Waals surface area contributed by atoms with Crippen molar-refractivity contribution in [1.82, 2.24) is 0 Å². The number of anilines is 1. The van der Waals surface area contributed by atoms with Crippen molar-refractivity contribution in [3.05, 3.63) is 28.8 Å². The van der Waals surface area contributed by atoms with Gasteiger partial charge < -0.3 is 10.6 Å². The molecule has 0 radical (unpaired) electrons. The Labute approximate surface area is 88.6 Å². The molecule has 0 bridgehead atoms. The number of rotatable bonds is 0. The van der Waals surface area contributed by atoms with Gasteiger partial charge >= 0.3 is 0 Å². The van der Waals surface area contributed by atoms with E-state index >= 15 is 0 Å². The molecule has 1 aromatic rings. The van der Waals surface area contributed by atoms with Gasteiger partial charge in [0.1, 0.15) is 0 Å². The molecular weight excluding hydrogens is 196 g/mol. The first-order valence-corrected chi connectivity index (χ1v) is 5.46. The monoisotopic (exact) mass is 208 g/mol. The average Bonchev–Trinajstić information content (AvgIpc) is 2.66. The first-order chi connectivity index (χ1) is 6.75. The third-order valence-electron chi connectivity index (χ3n) is 3.32. The fourth-order valence-corrected chi connectivity index (χ4v) is 2.91. The zero-order valence-corrected chi connectivity index (χ0v) is 8.67. The standard InChI is InChI=1S/C11H13ClN2/c12-8-1-3-10-7(5-8)6-9-2-4-11(13)14(9)10/h1,3,5,9,11H,2,4,6,13H2. The second kappa shape index (κ2) is 2.88. The minimum atomic E-state index is 0.211. The predicted octanol–water partition coefficient (Wildman–Crippen LogP) is 2.15. The first-order valence-electron chi connectivity index (χ1n) is 5.08. The summed E-state index contributed by atoms with van der Waals surface area (Å²) in [5, 5.41) is 0.832. The smallest absolute Gasteiger partial charge is 0.0775 e. The van der Waals surface area contributed by atoms with Crippen molar-refractivity contribution < 1.29 is 0 Å². The minimum absolute atomic E-state index is 0.211. The molecule has 14 heavy (non-hydrogen) atoms. The van der Waals surface area contributed by atoms with E-state index < -0.39 is 0 Å². The van der Waals surface area contributed by atoms with E-state index in [1.807, 2.05) is 6.07 Å². The summed E-state index contributed by atoms with van der Waals surface area (Å²) in [6.07, 6.45) is 3.66. The molecule has 3 rings (SSSR count). The second-order valence-electron chi connectivity index (χ2n) is 4.18. The molecule has 74 valence electrons. The van der Waals surface area contributed by atoms with Gasteiger partial charge in [0.15, 0.2) is 0 Å². The van der Waals surface area contributed by atoms with Crippen LogP contribution in [-0.4, -0.2) is 12.2 Å². The summed E-state index contributed by atoms with van der Waals surface area (Å²) in [4.78, 5) is 2.35. The maximum Gasteiger partial charge on any atom is 0.0775 e. The van der Waals surface area contributed by atoms with E-state index in [2.05, 4.69) is 17.0 Å². The van der Waals surface area contributed by atoms with Gasteiger partial charge in [0, 0.05) is 16.8 Å². The summed E-state index contributed by atoms with van der Waals surface area (Å²) in [6.45, 7) is 0. The van der Waals surface area contributed by atoms with Crippen molar-refractivity contribution in [2.45, 2.75) is 31.5 Å². The number of nitrogens with two attached hydrogens (primary N) is 1. The Morgan fingerprint density at radius 1 is 1.36 bits per heavy atom. The third kappa shape index (κ3) is 1.07. The molecule has 0 aliphatic carbocycles. The number of benzene rings is 1. The highest BCUT2D eigenvalue weighted by atomic mass is 35.5. The van der Waals surface area contributed by atoms with Crippen molar-refractivity contribution in [2.75, 3.05) is 4.90 Å². The Balaban J connectivity index is 2.07. The van der Waals surface area contributed by atoms with E-state index in [4.69, 9.17) is 17.3 Å². The van der Waals surface area contributed by atoms with Crippen LogP contribution in [0.1, 0.15) is 18.4 Å². The van der Waals surface area contributed by atoms with Crippen LogP contribution < -0.4 is 10.6 Å². The van der Waals surface area contributed by atoms with Crippen LogP contribution in [0.4, 0.5) is 5.69 Å². The Morgan fingerprint density at radius 3 is 3.07 bits per heavy atom. The van der Waals surface area contributed by atoms with E-state index in [1.54, 1.807) is 0 Å². The van der Waals surface area contributed by atoms with Gasteiger partial charge in [0.25, 0.3) is 0 Å². The van der Waals surface area contributed by atoms with Crippen molar-refractivity contribution in [2.24, 2.45) is 5.73 Å². The van der Waals surface area contributed by atoms with Crippen LogP contribution >= 0.6 is 11.6 Å². The lowest BCUT2D eigenvalue weighted by molar-refractivity contribution is 0.674. The molecule has 2 aliphatic heterocycles. The minimum Gasteiger partial charge on any atom is -0.353 e. The molecule has 0 aromatic heterocycles. The third-order valence-corrected chi connectivity index (χ3v) is 3.56. The number of hydrogen-bond acceptors (Lipinski definition) is 2. The highest BCUT2D eigenvalue weighted by molar-refractivity contribution is 6.30. The molecule has 2 aliphatic rings. The van der Waals surface area contributed by atoms with Crippen molar-refractivity contribution >= 4 is 17.3 Å². The zero-order valence-electron chi connectivity index (χ0n) is 7.91. The molecule has 1 fully saturated rings. The lowest BCUT2D eigenvalue weighted by Crippen LogP contribution is -2.38. The maximum absolute atomic E-state index is 6.07. The quantitative estimate of drug-likeness (QED) is 0.708. The van der Waals surface area contributed by atoms with Gasteiger partial charge in [-0.1, -0.05) is 11.6 Å². The normalized spacial score (nSPS) is 29.1. The largest absolute Gasteiger partial charge is 0.353 e. The molecule has 3 heteroatoms. The van der Waals surface area contributed by atoms with Crippen molar-refractivity contribution in [3.8, 4) is 0 Å². The van der Waals surface area contributed by atoms with Gasteiger partial charge in [-0.2, -0.15) is 0 Å². The fourth-order valence-electron chi connectivity index (χ4n) is 2.71. The Bertz CT molecular complexity index is 378. The fraction of sp³-hybridized carbons (Fsp3) is 0.455. The lowest BCUT2D eigenvalue weighted by atomic mass is 10.1. The maximum atomic E-state index is 6.07. The highest BCUT2D eigenvalue weighted by Gasteiger charge is 2.37. The van der Waals surface area contributed by atoms with Gasteiger partial charge in [-0.3, -0.25) is 0 Å². The summed E-state index contributed by atoms with van der Waals surface area (Å²) < 4.78 is 0. The van der Waals surface area contributed by atoms with Crippen molar-refractivity contribution in [1.29, 1.82) is 0 Å². The van der Waals surface area contributed by atoms with E-state index in [0.717, 1.165) is 17.9 Å². The van der Waals surface area contributed by atoms with Crippen LogP contribution in [0.2, 0.25) is 5.02 Å². The summed E-state index contributed by atoms with van der Waals surface area (Å²) >= 11 is 5.97. The SMILES string of the molecule is NC1CCC2Cc3cc(Cl)ccc3N12. The summed E-state index contributed by atoms with van der Waals surface area (Å²) in [5.41, 5.74) is 8.72. The van der Waals surface area contributed by atoms with Gasteiger partial charge in [0.05, 0.1) is 6.17 Å². The molecule has 2 atom stereocenters. The molecule has 0 saturated carbocycles. The number of fused-ring (bicyclic) bond motifs is 3. The lowest BCUT2D eigenvalue weighted by Gasteiger charge is -2.24. The highest BCUT2D eigenvalue weighted by Crippen LogP contribution is 2.40. The van der Waals surface area contributed by atoms with Gasteiger partial charge in [-0.25, -0.2) is 0 Å². The molecule has 2 nitrogen and oxygen atoms in total. The molecule has 2 unspecified atom stereocenters. The second-order valence-corrected chi connectivity index (χ2v) is 4.62. The summed E-state index contributed by atoms with van der Waals surface area (Å²) in [6, 6.07) is 6.75. The Kier molecular flexibility index (Phi) is 1.76. The van der Waals surface area contributed by atoms with Gasteiger partial charge in [-0.05, 0) is 43.0 Å². The van der Waals surface area contributed by atoms with E-state index in [1.165, 1.54) is 17.7 Å². The van der Waals surface area contributed by atoms with Crippen LogP contribution in [-0.2, 0) is 6.42 Å². The average molecular weight is 209 g/mol. The molecule has 0 amide bonds. The van der Waals surface area contributed by atoms with Crippen molar-refractivity contribution in [3.63, 3.8) is 0 Å². The van der Waals surface area contributed by atoms with Gasteiger partial charge in [0.2, 0.25) is 0 Å². The number of hydrogen-bond donors (Lipinski definition) is 1. The Hall–Kier alpha value is -0.730. The van der Waals surface area contributed by atoms with Crippen LogP contribution in [0.15, 0.2) is 18.2 Å². The molecule has 1 saturated heterocycles. The molecule has 2 heterocycles. The van der Waals surface area contributed by atoms with Crippen LogP contribution in [0.25, 0.3) is 0 Å².